The van der Waals surface area contributed by atoms with Crippen LogP contribution in [0.1, 0.15) is 148 Å². The van der Waals surface area contributed by atoms with Gasteiger partial charge in [0.05, 0.1) is 231 Å². The second-order valence-corrected chi connectivity index (χ2v) is 32.8. The molecule has 3 aromatic carbocycles. The van der Waals surface area contributed by atoms with Crippen molar-refractivity contribution in [3.63, 3.8) is 0 Å². The lowest BCUT2D eigenvalue weighted by Crippen LogP contribution is -2.70. The van der Waals surface area contributed by atoms with Crippen LogP contribution in [0.2, 0.25) is 0 Å². The molecule has 3 saturated carbocycles. The van der Waals surface area contributed by atoms with E-state index in [1.807, 2.05) is 48.5 Å². The van der Waals surface area contributed by atoms with Gasteiger partial charge in [0.1, 0.15) is 24.5 Å². The average Bonchev–Trinajstić information content (AvgIpc) is 0.921. The summed E-state index contributed by atoms with van der Waals surface area (Å²) in [6, 6.07) is 15.6. The van der Waals surface area contributed by atoms with E-state index in [1.54, 1.807) is 38.7 Å². The van der Waals surface area contributed by atoms with Gasteiger partial charge in [-0.3, -0.25) is 38.4 Å². The van der Waals surface area contributed by atoms with E-state index < -0.39 is 76.7 Å². The molecule has 7 amide bonds. The highest BCUT2D eigenvalue weighted by Gasteiger charge is 2.71. The highest BCUT2D eigenvalue weighted by atomic mass is 19.1. The number of hydrogen-bond donors (Lipinski definition) is 8. The molecule has 5 heterocycles. The minimum atomic E-state index is -2.06. The molecule has 0 spiro atoms. The summed E-state index contributed by atoms with van der Waals surface area (Å²) in [5, 5.41) is 29.4. The number of nitrogens with two attached hydrogens (primary N) is 1. The SMILES string of the molecule is CCC1(O)C(=O)OCc2c1cc1n(c2=O)Cc2c-1nc1cc(F)c(C)c3c1c2C(NC(=O)CNC(=O)C(CCCCN)NC(=O)C(NC(=O)CCOCCOCCOCCOCCOCCOCCOCCOCCOCCOCCOCCOCCOCCC(=O)NCC12CC(C(=O)NCCC(=O)N4Cc5ccccc5C#Cc5ccccc54)(C1)C2)C(C)C)CC3. The summed E-state index contributed by atoms with van der Waals surface area (Å²) in [7, 11) is 0. The minimum absolute atomic E-state index is 0.0221. The van der Waals surface area contributed by atoms with Crippen molar-refractivity contribution in [2.75, 3.05) is 203 Å². The molecule has 2 aromatic heterocycles. The van der Waals surface area contributed by atoms with Crippen LogP contribution < -0.4 is 48.1 Å². The Labute approximate surface area is 739 Å². The summed E-state index contributed by atoms with van der Waals surface area (Å²) >= 11 is 0. The largest absolute Gasteiger partial charge is 0.458 e. The fourth-order valence-electron chi connectivity index (χ4n) is 16.7. The normalized spacial score (nSPS) is 18.3. The maximum atomic E-state index is 15.5. The molecule has 4 atom stereocenters. The summed E-state index contributed by atoms with van der Waals surface area (Å²) in [6.07, 6.45) is 4.46. The van der Waals surface area contributed by atoms with Gasteiger partial charge in [0, 0.05) is 66.1 Å². The maximum absolute atomic E-state index is 15.5. The first-order chi connectivity index (χ1) is 61.7. The number of para-hydroxylation sites is 1. The number of fused-ring (bicyclic) bond motifs is 7. The molecule has 0 saturated heterocycles. The lowest BCUT2D eigenvalue weighted by Gasteiger charge is -2.69. The van der Waals surface area contributed by atoms with E-state index in [-0.39, 0.29) is 118 Å². The number of pyridine rings is 2. The van der Waals surface area contributed by atoms with Crippen LogP contribution in [0.5, 0.6) is 0 Å². The van der Waals surface area contributed by atoms with E-state index in [0.717, 1.165) is 47.2 Å². The second kappa shape index (κ2) is 50.0. The zero-order chi connectivity index (χ0) is 90.0. The molecule has 694 valence electrons. The Morgan fingerprint density at radius 3 is 1.69 bits per heavy atom. The summed E-state index contributed by atoms with van der Waals surface area (Å²) in [6.45, 7) is 17.3. The van der Waals surface area contributed by atoms with Gasteiger partial charge in [0.15, 0.2) is 5.60 Å². The number of benzene rings is 3. The van der Waals surface area contributed by atoms with Crippen LogP contribution in [-0.2, 0) is 136 Å². The molecule has 0 radical (unpaired) electrons. The van der Waals surface area contributed by atoms with Crippen molar-refractivity contribution in [1.29, 1.82) is 0 Å². The van der Waals surface area contributed by atoms with E-state index in [1.165, 1.54) is 10.6 Å². The predicted octanol–water partition coefficient (Wildman–Crippen LogP) is 4.24. The van der Waals surface area contributed by atoms with Crippen LogP contribution >= 0.6 is 0 Å². The molecule has 35 heteroatoms. The number of carbonyl (C=O) groups excluding carboxylic acids is 8. The number of unbranched alkanes of at least 4 members (excludes halogenated alkanes) is 1. The summed E-state index contributed by atoms with van der Waals surface area (Å²) < 4.78 is 94.7. The van der Waals surface area contributed by atoms with Crippen LogP contribution in [-0.4, -0.2) is 272 Å². The molecular weight excluding hydrogens is 1650 g/mol. The smallest absolute Gasteiger partial charge is 0.343 e. The molecule has 127 heavy (non-hydrogen) atoms. The molecule has 4 aliphatic carbocycles. The summed E-state index contributed by atoms with van der Waals surface area (Å²) in [5.74, 6) is 2.36. The Balaban J connectivity index is 0.419. The van der Waals surface area contributed by atoms with E-state index in [4.69, 9.17) is 77.0 Å². The summed E-state index contributed by atoms with van der Waals surface area (Å²) in [5.41, 5.74) is 9.89. The van der Waals surface area contributed by atoms with Gasteiger partial charge in [-0.05, 0) is 129 Å². The number of nitrogens with zero attached hydrogens (tertiary/aromatic N) is 3. The van der Waals surface area contributed by atoms with E-state index >= 15 is 4.39 Å². The van der Waals surface area contributed by atoms with Gasteiger partial charge in [-0.25, -0.2) is 14.2 Å². The first-order valence-electron chi connectivity index (χ1n) is 44.4. The van der Waals surface area contributed by atoms with Gasteiger partial charge in [0.25, 0.3) is 5.56 Å². The van der Waals surface area contributed by atoms with Gasteiger partial charge in [-0.15, -0.1) is 0 Å². The van der Waals surface area contributed by atoms with E-state index in [2.05, 4.69) is 43.7 Å². The quantitative estimate of drug-likeness (QED) is 0.0150. The number of aromatic nitrogens is 2. The van der Waals surface area contributed by atoms with Crippen molar-refractivity contribution in [2.24, 2.45) is 22.5 Å². The molecule has 9 N–H and O–H groups in total. The minimum Gasteiger partial charge on any atom is -0.458 e. The van der Waals surface area contributed by atoms with Crippen molar-refractivity contribution in [2.45, 2.75) is 148 Å². The van der Waals surface area contributed by atoms with Crippen LogP contribution in [0, 0.1) is 41.3 Å². The van der Waals surface area contributed by atoms with Gasteiger partial charge < -0.3 is 119 Å². The summed E-state index contributed by atoms with van der Waals surface area (Å²) in [4.78, 5) is 128. The van der Waals surface area contributed by atoms with Gasteiger partial charge in [-0.1, -0.05) is 62.9 Å². The maximum Gasteiger partial charge on any atom is 0.343 e. The number of rotatable bonds is 61. The third-order valence-electron chi connectivity index (χ3n) is 23.5. The molecule has 34 nitrogen and oxygen atoms in total. The second-order valence-electron chi connectivity index (χ2n) is 32.8. The third-order valence-corrected chi connectivity index (χ3v) is 23.5. The molecule has 12 rings (SSSR count). The molecule has 7 aliphatic rings. The Hall–Kier alpha value is -9.33. The number of amides is 7. The fourth-order valence-corrected chi connectivity index (χ4v) is 16.7. The Kier molecular flexibility index (Phi) is 38.7. The number of hydrogen-bond acceptors (Lipinski definition) is 26. The van der Waals surface area contributed by atoms with Gasteiger partial charge in [-0.2, -0.15) is 0 Å². The predicted molar refractivity (Wildman–Crippen MR) is 462 cm³/mol. The number of carbonyl (C=O) groups is 8. The van der Waals surface area contributed by atoms with Crippen molar-refractivity contribution >= 4 is 63.9 Å². The number of cyclic esters (lactones) is 1. The Bertz CT molecular complexity index is 4650. The zero-order valence-corrected chi connectivity index (χ0v) is 73.5. The zero-order valence-electron chi connectivity index (χ0n) is 73.5. The average molecular weight is 1770 g/mol. The topological polar surface area (TPSA) is 422 Å². The highest BCUT2D eigenvalue weighted by molar-refractivity contribution is 5.98. The number of nitrogens with one attached hydrogen (secondary N) is 6. The third kappa shape index (κ3) is 27.4. The van der Waals surface area contributed by atoms with Crippen molar-refractivity contribution < 1.29 is 114 Å². The number of aryl methyl sites for hydroxylation is 1. The number of halogens is 1. The van der Waals surface area contributed by atoms with Crippen LogP contribution in [0.15, 0.2) is 65.5 Å². The van der Waals surface area contributed by atoms with Crippen LogP contribution in [0.25, 0.3) is 22.3 Å². The van der Waals surface area contributed by atoms with Crippen molar-refractivity contribution in [3.05, 3.63) is 127 Å². The monoisotopic (exact) mass is 1770 g/mol. The highest BCUT2D eigenvalue weighted by Crippen LogP contribution is 2.73. The lowest BCUT2D eigenvalue weighted by atomic mass is 9.35. The molecular formula is C92H125FN10O24. The Morgan fingerprint density at radius 2 is 1.14 bits per heavy atom. The van der Waals surface area contributed by atoms with Crippen LogP contribution in [0.3, 0.4) is 0 Å². The standard InChI is InChI=1S/C92H125FN10O24/c1-5-92(113)70-52-76-84-68(56-103(76)87(110)69(70)57-127-89(92)112)82-72(20-19-67-63(4)71(93)53-74(99-84)81(67)82)98-79(106)54-96-85(108)73(15-10-11-24-94)100-86(109)83(62(2)3)101-78(105)23-27-115-29-31-117-33-35-119-37-39-121-41-43-123-45-47-125-49-51-126-50-48-124-46-44-122-42-40-120-38-36-118-34-32-116-30-28-114-26-22-77(104)97-61-90-58-91(59-90,60-90)88(111)95-25-21-80(107)102-55-66-14-7-6-12-64(66)17-18-65-13-8-9-16-75(65)102/h6-9,12-14,16,52-53,62,72-73,83,113H,5,10-11,15,19-51,54-61,94H2,1-4H3,(H,95,111)(H,96,108)(H,97,104)(H,98,106)(H,100,109)(H,101,105). The van der Waals surface area contributed by atoms with E-state index in [0.29, 0.717) is 230 Å². The van der Waals surface area contributed by atoms with Crippen molar-refractivity contribution in [1.82, 2.24) is 41.5 Å². The molecule has 2 bridgehead atoms. The lowest BCUT2D eigenvalue weighted by molar-refractivity contribution is -0.205. The number of ether oxygens (including phenoxy) is 14. The molecule has 3 fully saturated rings. The molecule has 4 unspecified atom stereocenters. The van der Waals surface area contributed by atoms with Gasteiger partial charge >= 0.3 is 5.97 Å². The fraction of sp³-hybridized carbons (Fsp3) is 0.609. The Morgan fingerprint density at radius 1 is 0.614 bits per heavy atom. The number of anilines is 1. The van der Waals surface area contributed by atoms with Crippen LogP contribution in [0.4, 0.5) is 10.1 Å². The van der Waals surface area contributed by atoms with E-state index in [9.17, 15) is 48.3 Å². The molecule has 3 aliphatic heterocycles. The number of esters is 1. The van der Waals surface area contributed by atoms with Crippen molar-refractivity contribution in [3.8, 4) is 23.2 Å². The molecule has 5 aromatic rings. The van der Waals surface area contributed by atoms with Gasteiger partial charge in [0.2, 0.25) is 41.4 Å². The number of aliphatic hydroxyl groups is 1. The first kappa shape index (κ1) is 98.3. The first-order valence-corrected chi connectivity index (χ1v) is 44.4.